The van der Waals surface area contributed by atoms with Gasteiger partial charge in [0.25, 0.3) is 0 Å². The second kappa shape index (κ2) is 3.09. The lowest BCUT2D eigenvalue weighted by Gasteiger charge is -2.00. The van der Waals surface area contributed by atoms with Crippen LogP contribution in [-0.4, -0.2) is 16.1 Å². The van der Waals surface area contributed by atoms with E-state index in [0.29, 0.717) is 5.92 Å². The average Bonchev–Trinajstić information content (AvgIpc) is 2.77. The minimum absolute atomic E-state index is 0.465. The largest absolute Gasteiger partial charge is 0.478 e. The van der Waals surface area contributed by atoms with Crippen molar-refractivity contribution in [2.24, 2.45) is 5.92 Å². The highest BCUT2D eigenvalue weighted by Gasteiger charge is 2.27. The second-order valence-corrected chi connectivity index (χ2v) is 3.31. The maximum absolute atomic E-state index is 10.6. The number of aromatic amines is 1. The van der Waals surface area contributed by atoms with Gasteiger partial charge in [-0.05, 0) is 36.0 Å². The minimum Gasteiger partial charge on any atom is -0.478 e. The van der Waals surface area contributed by atoms with Crippen LogP contribution in [0.4, 0.5) is 0 Å². The Labute approximate surface area is 76.1 Å². The molecule has 1 aromatic heterocycles. The van der Waals surface area contributed by atoms with E-state index >= 15 is 0 Å². The van der Waals surface area contributed by atoms with Gasteiger partial charge in [0.15, 0.2) is 0 Å². The summed E-state index contributed by atoms with van der Waals surface area (Å²) in [5.41, 5.74) is 1.96. The molecule has 0 radical (unpaired) electrons. The number of aromatic nitrogens is 1. The fourth-order valence-electron chi connectivity index (χ4n) is 1.47. The monoisotopic (exact) mass is 177 g/mol. The lowest BCUT2D eigenvalue weighted by molar-refractivity contribution is -0.131. The lowest BCUT2D eigenvalue weighted by atomic mass is 10.0. The van der Waals surface area contributed by atoms with Gasteiger partial charge in [0.1, 0.15) is 0 Å². The SMILES string of the molecule is O=C(O)/C=C(\c1cc[nH]c1)C1CC1. The number of aliphatic carboxylic acids is 1. The van der Waals surface area contributed by atoms with Gasteiger partial charge in [0, 0.05) is 18.5 Å². The van der Waals surface area contributed by atoms with Crippen LogP contribution in [0.2, 0.25) is 0 Å². The van der Waals surface area contributed by atoms with Crippen LogP contribution in [0.25, 0.3) is 5.57 Å². The van der Waals surface area contributed by atoms with Crippen LogP contribution in [-0.2, 0) is 4.79 Å². The molecule has 1 aromatic rings. The Kier molecular flexibility index (Phi) is 1.93. The van der Waals surface area contributed by atoms with Crippen molar-refractivity contribution in [2.45, 2.75) is 12.8 Å². The molecule has 0 spiro atoms. The van der Waals surface area contributed by atoms with Gasteiger partial charge in [-0.2, -0.15) is 0 Å². The fourth-order valence-corrected chi connectivity index (χ4v) is 1.47. The molecular weight excluding hydrogens is 166 g/mol. The number of hydrogen-bond donors (Lipinski definition) is 2. The van der Waals surface area contributed by atoms with Crippen molar-refractivity contribution in [3.8, 4) is 0 Å². The van der Waals surface area contributed by atoms with E-state index in [2.05, 4.69) is 4.98 Å². The molecule has 1 heterocycles. The van der Waals surface area contributed by atoms with E-state index in [9.17, 15) is 4.79 Å². The first-order valence-corrected chi connectivity index (χ1v) is 4.35. The summed E-state index contributed by atoms with van der Waals surface area (Å²) in [6, 6.07) is 1.91. The van der Waals surface area contributed by atoms with E-state index < -0.39 is 5.97 Å². The quantitative estimate of drug-likeness (QED) is 0.693. The summed E-state index contributed by atoms with van der Waals surface area (Å²) < 4.78 is 0. The molecule has 3 nitrogen and oxygen atoms in total. The zero-order valence-electron chi connectivity index (χ0n) is 7.16. The van der Waals surface area contributed by atoms with E-state index in [1.54, 1.807) is 0 Å². The molecule has 0 unspecified atom stereocenters. The third-order valence-electron chi connectivity index (χ3n) is 2.23. The maximum atomic E-state index is 10.6. The zero-order chi connectivity index (χ0) is 9.26. The third-order valence-corrected chi connectivity index (χ3v) is 2.23. The number of H-pyrrole nitrogens is 1. The van der Waals surface area contributed by atoms with Gasteiger partial charge in [0.2, 0.25) is 0 Å². The summed E-state index contributed by atoms with van der Waals surface area (Å²) in [6.45, 7) is 0. The highest BCUT2D eigenvalue weighted by Crippen LogP contribution is 2.41. The molecular formula is C10H11NO2. The third kappa shape index (κ3) is 1.80. The van der Waals surface area contributed by atoms with Gasteiger partial charge >= 0.3 is 5.97 Å². The van der Waals surface area contributed by atoms with Gasteiger partial charge in [-0.25, -0.2) is 4.79 Å². The highest BCUT2D eigenvalue weighted by molar-refractivity contribution is 5.91. The molecule has 1 saturated carbocycles. The molecule has 0 saturated heterocycles. The smallest absolute Gasteiger partial charge is 0.328 e. The van der Waals surface area contributed by atoms with Crippen LogP contribution in [0.3, 0.4) is 0 Å². The predicted octanol–water partition coefficient (Wildman–Crippen LogP) is 1.89. The molecule has 0 bridgehead atoms. The number of allylic oxidation sites excluding steroid dienone is 1. The highest BCUT2D eigenvalue weighted by atomic mass is 16.4. The molecule has 1 aliphatic carbocycles. The Hall–Kier alpha value is -1.51. The predicted molar refractivity (Wildman–Crippen MR) is 49.1 cm³/mol. The first-order valence-electron chi connectivity index (χ1n) is 4.35. The summed E-state index contributed by atoms with van der Waals surface area (Å²) in [4.78, 5) is 13.5. The van der Waals surface area contributed by atoms with Crippen LogP contribution in [0.1, 0.15) is 18.4 Å². The van der Waals surface area contributed by atoms with Crippen LogP contribution in [0.5, 0.6) is 0 Å². The molecule has 0 aliphatic heterocycles. The Balaban J connectivity index is 2.29. The average molecular weight is 177 g/mol. The molecule has 3 heteroatoms. The summed E-state index contributed by atoms with van der Waals surface area (Å²) in [5.74, 6) is -0.394. The summed E-state index contributed by atoms with van der Waals surface area (Å²) >= 11 is 0. The molecule has 2 rings (SSSR count). The summed E-state index contributed by atoms with van der Waals surface area (Å²) in [7, 11) is 0. The number of carboxylic acids is 1. The normalized spacial score (nSPS) is 17.4. The molecule has 13 heavy (non-hydrogen) atoms. The van der Waals surface area contributed by atoms with Crippen molar-refractivity contribution in [2.75, 3.05) is 0 Å². The Bertz CT molecular complexity index is 334. The standard InChI is InChI=1S/C10H11NO2/c12-10(13)5-9(7-1-2-7)8-3-4-11-6-8/h3-7,11H,1-2H2,(H,12,13)/b9-5-. The van der Waals surface area contributed by atoms with Gasteiger partial charge in [0.05, 0.1) is 0 Å². The van der Waals surface area contributed by atoms with Gasteiger partial charge in [-0.1, -0.05) is 0 Å². The van der Waals surface area contributed by atoms with E-state index in [4.69, 9.17) is 5.11 Å². The molecule has 68 valence electrons. The lowest BCUT2D eigenvalue weighted by Crippen LogP contribution is -1.93. The second-order valence-electron chi connectivity index (χ2n) is 3.31. The Morgan fingerprint density at radius 2 is 2.38 bits per heavy atom. The topological polar surface area (TPSA) is 53.1 Å². The number of nitrogens with one attached hydrogen (secondary N) is 1. The first kappa shape index (κ1) is 8.10. The van der Waals surface area contributed by atoms with Crippen molar-refractivity contribution in [3.63, 3.8) is 0 Å². The van der Waals surface area contributed by atoms with Gasteiger partial charge < -0.3 is 10.1 Å². The molecule has 0 amide bonds. The zero-order valence-corrected chi connectivity index (χ0v) is 7.16. The minimum atomic E-state index is -0.858. The van der Waals surface area contributed by atoms with E-state index in [1.807, 2.05) is 18.5 Å². The van der Waals surface area contributed by atoms with Crippen LogP contribution >= 0.6 is 0 Å². The van der Waals surface area contributed by atoms with Gasteiger partial charge in [-0.3, -0.25) is 0 Å². The fraction of sp³-hybridized carbons (Fsp3) is 0.300. The molecule has 1 aliphatic rings. The van der Waals surface area contributed by atoms with Crippen molar-refractivity contribution >= 4 is 11.5 Å². The van der Waals surface area contributed by atoms with Crippen LogP contribution in [0.15, 0.2) is 24.5 Å². The van der Waals surface area contributed by atoms with Crippen LogP contribution in [0, 0.1) is 5.92 Å². The van der Waals surface area contributed by atoms with Crippen molar-refractivity contribution < 1.29 is 9.90 Å². The van der Waals surface area contributed by atoms with Crippen molar-refractivity contribution in [1.29, 1.82) is 0 Å². The molecule has 1 fully saturated rings. The molecule has 2 N–H and O–H groups in total. The van der Waals surface area contributed by atoms with E-state index in [1.165, 1.54) is 6.08 Å². The number of carbonyl (C=O) groups is 1. The molecule has 0 atom stereocenters. The van der Waals surface area contributed by atoms with E-state index in [0.717, 1.165) is 24.0 Å². The summed E-state index contributed by atoms with van der Waals surface area (Å²) in [5, 5.41) is 8.67. The van der Waals surface area contributed by atoms with Crippen molar-refractivity contribution in [3.05, 3.63) is 30.1 Å². The van der Waals surface area contributed by atoms with Gasteiger partial charge in [-0.15, -0.1) is 0 Å². The summed E-state index contributed by atoms with van der Waals surface area (Å²) in [6.07, 6.45) is 7.20. The Morgan fingerprint density at radius 3 is 2.85 bits per heavy atom. The van der Waals surface area contributed by atoms with E-state index in [-0.39, 0.29) is 0 Å². The first-order chi connectivity index (χ1) is 6.27. The molecule has 0 aromatic carbocycles. The Morgan fingerprint density at radius 1 is 1.62 bits per heavy atom. The maximum Gasteiger partial charge on any atom is 0.328 e. The van der Waals surface area contributed by atoms with Crippen molar-refractivity contribution in [1.82, 2.24) is 4.98 Å². The number of carboxylic acid groups (broad SMARTS) is 1. The number of hydrogen-bond acceptors (Lipinski definition) is 1. The number of rotatable bonds is 3. The van der Waals surface area contributed by atoms with Crippen LogP contribution < -0.4 is 0 Å².